The topological polar surface area (TPSA) is 33.7 Å². The van der Waals surface area contributed by atoms with Crippen LogP contribution in [0.3, 0.4) is 0 Å². The fourth-order valence-electron chi connectivity index (χ4n) is 2.98. The van der Waals surface area contributed by atoms with Gasteiger partial charge >= 0.3 is 0 Å². The second kappa shape index (κ2) is 7.43. The van der Waals surface area contributed by atoms with E-state index in [1.807, 2.05) is 0 Å². The van der Waals surface area contributed by atoms with E-state index in [1.54, 1.807) is 0 Å². The summed E-state index contributed by atoms with van der Waals surface area (Å²) in [5, 5.41) is 3.64. The van der Waals surface area contributed by atoms with Crippen LogP contribution >= 0.6 is 0 Å². The van der Waals surface area contributed by atoms with Crippen LogP contribution in [-0.2, 0) is 9.47 Å². The van der Waals surface area contributed by atoms with Crippen LogP contribution in [0.4, 0.5) is 0 Å². The molecule has 0 spiro atoms. The first-order valence-corrected chi connectivity index (χ1v) is 7.48. The molecular formula is C14H28N2O2. The summed E-state index contributed by atoms with van der Waals surface area (Å²) >= 11 is 0. The van der Waals surface area contributed by atoms with E-state index >= 15 is 0 Å². The molecule has 0 amide bonds. The number of hydrogen-bond donors (Lipinski definition) is 1. The molecule has 2 fully saturated rings. The third-order valence-corrected chi connectivity index (χ3v) is 4.13. The van der Waals surface area contributed by atoms with Crippen LogP contribution in [0.25, 0.3) is 0 Å². The molecule has 2 aliphatic rings. The minimum Gasteiger partial charge on any atom is -0.381 e. The van der Waals surface area contributed by atoms with Gasteiger partial charge in [-0.3, -0.25) is 4.90 Å². The summed E-state index contributed by atoms with van der Waals surface area (Å²) in [6, 6.07) is 0.577. The standard InChI is InChI=1S/C14H28N2O2/c1-3-13-9-16(6-8-18-13)10-14(15-4-2)12-5-7-17-11-12/h12-15H,3-11H2,1-2H3. The third-order valence-electron chi connectivity index (χ3n) is 4.13. The molecule has 0 aromatic carbocycles. The number of hydrogen-bond acceptors (Lipinski definition) is 4. The highest BCUT2D eigenvalue weighted by Gasteiger charge is 2.28. The Labute approximate surface area is 111 Å². The predicted molar refractivity (Wildman–Crippen MR) is 72.9 cm³/mol. The number of nitrogens with one attached hydrogen (secondary N) is 1. The smallest absolute Gasteiger partial charge is 0.0700 e. The van der Waals surface area contributed by atoms with Crippen molar-refractivity contribution in [1.29, 1.82) is 0 Å². The van der Waals surface area contributed by atoms with Gasteiger partial charge in [-0.1, -0.05) is 13.8 Å². The van der Waals surface area contributed by atoms with Gasteiger partial charge in [0.05, 0.1) is 19.3 Å². The summed E-state index contributed by atoms with van der Waals surface area (Å²) in [6.45, 7) is 11.5. The van der Waals surface area contributed by atoms with Gasteiger partial charge in [0.2, 0.25) is 0 Å². The molecule has 0 bridgehead atoms. The van der Waals surface area contributed by atoms with Crippen LogP contribution in [0.2, 0.25) is 0 Å². The maximum Gasteiger partial charge on any atom is 0.0700 e. The molecule has 2 saturated heterocycles. The molecule has 4 heteroatoms. The zero-order valence-corrected chi connectivity index (χ0v) is 11.9. The molecule has 0 radical (unpaired) electrons. The maximum atomic E-state index is 5.74. The Kier molecular flexibility index (Phi) is 5.89. The summed E-state index contributed by atoms with van der Waals surface area (Å²) in [5.74, 6) is 0.688. The summed E-state index contributed by atoms with van der Waals surface area (Å²) in [7, 11) is 0. The van der Waals surface area contributed by atoms with Gasteiger partial charge in [0.15, 0.2) is 0 Å². The monoisotopic (exact) mass is 256 g/mol. The number of ether oxygens (including phenoxy) is 2. The van der Waals surface area contributed by atoms with E-state index in [9.17, 15) is 0 Å². The summed E-state index contributed by atoms with van der Waals surface area (Å²) < 4.78 is 11.3. The van der Waals surface area contributed by atoms with Gasteiger partial charge in [-0.05, 0) is 19.4 Å². The lowest BCUT2D eigenvalue weighted by atomic mass is 9.98. The Morgan fingerprint density at radius 2 is 2.22 bits per heavy atom. The Morgan fingerprint density at radius 1 is 1.33 bits per heavy atom. The van der Waals surface area contributed by atoms with Crippen LogP contribution in [0.15, 0.2) is 0 Å². The zero-order valence-electron chi connectivity index (χ0n) is 11.9. The van der Waals surface area contributed by atoms with Crippen molar-refractivity contribution in [3.8, 4) is 0 Å². The van der Waals surface area contributed by atoms with Crippen molar-refractivity contribution in [2.24, 2.45) is 5.92 Å². The molecule has 0 aromatic heterocycles. The van der Waals surface area contributed by atoms with Crippen LogP contribution < -0.4 is 5.32 Å². The van der Waals surface area contributed by atoms with E-state index in [1.165, 1.54) is 6.42 Å². The first kappa shape index (κ1) is 14.3. The third kappa shape index (κ3) is 3.92. The normalized spacial score (nSPS) is 31.7. The molecule has 18 heavy (non-hydrogen) atoms. The van der Waals surface area contributed by atoms with Gasteiger partial charge in [-0.2, -0.15) is 0 Å². The second-order valence-electron chi connectivity index (χ2n) is 5.45. The van der Waals surface area contributed by atoms with Gasteiger partial charge in [-0.25, -0.2) is 0 Å². The van der Waals surface area contributed by atoms with Gasteiger partial charge < -0.3 is 14.8 Å². The highest BCUT2D eigenvalue weighted by Crippen LogP contribution is 2.19. The lowest BCUT2D eigenvalue weighted by molar-refractivity contribution is -0.0340. The highest BCUT2D eigenvalue weighted by atomic mass is 16.5. The number of morpholine rings is 1. The average molecular weight is 256 g/mol. The summed E-state index contributed by atoms with van der Waals surface area (Å²) in [6.07, 6.45) is 2.76. The Morgan fingerprint density at radius 3 is 2.89 bits per heavy atom. The van der Waals surface area contributed by atoms with E-state index in [0.29, 0.717) is 18.1 Å². The van der Waals surface area contributed by atoms with Crippen molar-refractivity contribution in [1.82, 2.24) is 10.2 Å². The molecule has 2 aliphatic heterocycles. The molecule has 3 unspecified atom stereocenters. The van der Waals surface area contributed by atoms with Crippen molar-refractivity contribution in [2.45, 2.75) is 38.8 Å². The van der Waals surface area contributed by atoms with Gasteiger partial charge in [0, 0.05) is 38.2 Å². The molecule has 0 aromatic rings. The fourth-order valence-corrected chi connectivity index (χ4v) is 2.98. The largest absolute Gasteiger partial charge is 0.381 e. The van der Waals surface area contributed by atoms with Crippen molar-refractivity contribution in [3.05, 3.63) is 0 Å². The Bertz CT molecular complexity index is 232. The molecule has 2 rings (SSSR count). The van der Waals surface area contributed by atoms with Crippen LogP contribution in [-0.4, -0.2) is 63.0 Å². The number of rotatable bonds is 6. The summed E-state index contributed by atoms with van der Waals surface area (Å²) in [4.78, 5) is 2.56. The molecule has 1 N–H and O–H groups in total. The van der Waals surface area contributed by atoms with Crippen LogP contribution in [0, 0.1) is 5.92 Å². The maximum absolute atomic E-state index is 5.74. The Hall–Kier alpha value is -0.160. The van der Waals surface area contributed by atoms with Crippen molar-refractivity contribution in [2.75, 3.05) is 46.0 Å². The van der Waals surface area contributed by atoms with Crippen LogP contribution in [0.1, 0.15) is 26.7 Å². The first-order chi connectivity index (χ1) is 8.83. The Balaban J connectivity index is 1.83. The molecule has 0 saturated carbocycles. The zero-order chi connectivity index (χ0) is 12.8. The van der Waals surface area contributed by atoms with Crippen molar-refractivity contribution < 1.29 is 9.47 Å². The second-order valence-corrected chi connectivity index (χ2v) is 5.45. The van der Waals surface area contributed by atoms with E-state index in [0.717, 1.165) is 52.4 Å². The van der Waals surface area contributed by atoms with Crippen molar-refractivity contribution in [3.63, 3.8) is 0 Å². The van der Waals surface area contributed by atoms with Gasteiger partial charge in [0.25, 0.3) is 0 Å². The van der Waals surface area contributed by atoms with E-state index < -0.39 is 0 Å². The minimum absolute atomic E-state index is 0.431. The molecule has 3 atom stereocenters. The molecular weight excluding hydrogens is 228 g/mol. The number of likely N-dealkylation sites (N-methyl/N-ethyl adjacent to an activating group) is 1. The van der Waals surface area contributed by atoms with Gasteiger partial charge in [-0.15, -0.1) is 0 Å². The highest BCUT2D eigenvalue weighted by molar-refractivity contribution is 4.83. The first-order valence-electron chi connectivity index (χ1n) is 7.48. The van der Waals surface area contributed by atoms with E-state index in [4.69, 9.17) is 9.47 Å². The van der Waals surface area contributed by atoms with Crippen LogP contribution in [0.5, 0.6) is 0 Å². The minimum atomic E-state index is 0.431. The molecule has 106 valence electrons. The molecule has 0 aliphatic carbocycles. The fraction of sp³-hybridized carbons (Fsp3) is 1.00. The average Bonchev–Trinajstić information content (AvgIpc) is 2.92. The van der Waals surface area contributed by atoms with E-state index in [-0.39, 0.29) is 0 Å². The SMILES string of the molecule is CCNC(CN1CCOC(CC)C1)C1CCOC1. The predicted octanol–water partition coefficient (Wildman–Crippen LogP) is 1.11. The summed E-state index contributed by atoms with van der Waals surface area (Å²) in [5.41, 5.74) is 0. The lowest BCUT2D eigenvalue weighted by Gasteiger charge is -2.36. The van der Waals surface area contributed by atoms with E-state index in [2.05, 4.69) is 24.1 Å². The molecule has 2 heterocycles. The number of nitrogens with zero attached hydrogens (tertiary/aromatic N) is 1. The molecule has 4 nitrogen and oxygen atoms in total. The van der Waals surface area contributed by atoms with Crippen molar-refractivity contribution >= 4 is 0 Å². The van der Waals surface area contributed by atoms with Gasteiger partial charge in [0.1, 0.15) is 0 Å². The lowest BCUT2D eigenvalue weighted by Crippen LogP contribution is -2.51. The quantitative estimate of drug-likeness (QED) is 0.772.